The molecule has 1 unspecified atom stereocenters. The molecule has 0 aliphatic heterocycles. The van der Waals surface area contributed by atoms with Gasteiger partial charge in [0, 0.05) is 6.54 Å². The number of aromatic nitrogens is 2. The van der Waals surface area contributed by atoms with E-state index in [-0.39, 0.29) is 11.9 Å². The van der Waals surface area contributed by atoms with Gasteiger partial charge < -0.3 is 19.4 Å². The fourth-order valence-corrected chi connectivity index (χ4v) is 4.35. The second-order valence-electron chi connectivity index (χ2n) is 8.83. The summed E-state index contributed by atoms with van der Waals surface area (Å²) in [6, 6.07) is 21.3. The highest BCUT2D eigenvalue weighted by atomic mass is 16.5. The minimum absolute atomic E-state index is 0.185. The molecule has 0 spiro atoms. The van der Waals surface area contributed by atoms with Gasteiger partial charge in [0.2, 0.25) is 0 Å². The van der Waals surface area contributed by atoms with Crippen molar-refractivity contribution in [3.05, 3.63) is 89.2 Å². The lowest BCUT2D eigenvalue weighted by atomic mass is 10.1. The van der Waals surface area contributed by atoms with Gasteiger partial charge >= 0.3 is 0 Å². The Labute approximate surface area is 206 Å². The molecule has 3 aromatic carbocycles. The minimum Gasteiger partial charge on any atom is -0.496 e. The van der Waals surface area contributed by atoms with Gasteiger partial charge in [-0.1, -0.05) is 42.0 Å². The minimum atomic E-state index is -0.272. The van der Waals surface area contributed by atoms with Gasteiger partial charge in [-0.3, -0.25) is 4.79 Å². The van der Waals surface area contributed by atoms with E-state index in [0.29, 0.717) is 17.9 Å². The molecule has 0 saturated carbocycles. The standard InChI is InChI=1S/C29H33N3O3/c1-20-15-16-26(21(2)19-20)35-18-10-9-17-32-25-13-7-6-12-24(25)31-28(32)22(3)30-29(33)23-11-5-8-14-27(23)34-4/h5-8,11-16,19,22H,9-10,17-18H2,1-4H3,(H,30,33). The molecule has 0 aliphatic rings. The van der Waals surface area contributed by atoms with E-state index in [2.05, 4.69) is 41.9 Å². The first-order chi connectivity index (χ1) is 17.0. The number of benzene rings is 3. The van der Waals surface area contributed by atoms with Crippen molar-refractivity contribution < 1.29 is 14.3 Å². The summed E-state index contributed by atoms with van der Waals surface area (Å²) in [5, 5.41) is 3.10. The average molecular weight is 472 g/mol. The number of unbranched alkanes of at least 4 members (excludes halogenated alkanes) is 1. The molecule has 0 radical (unpaired) electrons. The molecule has 1 N–H and O–H groups in total. The number of amides is 1. The molecule has 0 bridgehead atoms. The number of hydrogen-bond acceptors (Lipinski definition) is 4. The third-order valence-corrected chi connectivity index (χ3v) is 6.13. The van der Waals surface area contributed by atoms with Crippen LogP contribution < -0.4 is 14.8 Å². The van der Waals surface area contributed by atoms with Crippen molar-refractivity contribution in [3.8, 4) is 11.5 Å². The Bertz CT molecular complexity index is 1310. The maximum atomic E-state index is 13.0. The predicted molar refractivity (Wildman–Crippen MR) is 139 cm³/mol. The molecule has 4 aromatic rings. The van der Waals surface area contributed by atoms with Crippen molar-refractivity contribution in [1.82, 2.24) is 14.9 Å². The average Bonchev–Trinajstić information content (AvgIpc) is 3.23. The molecule has 1 aromatic heterocycles. The summed E-state index contributed by atoms with van der Waals surface area (Å²) < 4.78 is 13.6. The normalized spacial score (nSPS) is 11.9. The molecule has 35 heavy (non-hydrogen) atoms. The van der Waals surface area contributed by atoms with E-state index >= 15 is 0 Å². The fraction of sp³-hybridized carbons (Fsp3) is 0.310. The maximum absolute atomic E-state index is 13.0. The van der Waals surface area contributed by atoms with Crippen molar-refractivity contribution >= 4 is 16.9 Å². The van der Waals surface area contributed by atoms with Crippen molar-refractivity contribution in [2.75, 3.05) is 13.7 Å². The van der Waals surface area contributed by atoms with Crippen molar-refractivity contribution in [2.24, 2.45) is 0 Å². The summed E-state index contributed by atoms with van der Waals surface area (Å²) in [6.07, 6.45) is 1.85. The first-order valence-corrected chi connectivity index (χ1v) is 12.1. The predicted octanol–water partition coefficient (Wildman–Crippen LogP) is 6.01. The largest absolute Gasteiger partial charge is 0.496 e. The van der Waals surface area contributed by atoms with Gasteiger partial charge in [-0.05, 0) is 69.5 Å². The molecule has 0 fully saturated rings. The van der Waals surface area contributed by atoms with Crippen LogP contribution in [0.25, 0.3) is 11.0 Å². The van der Waals surface area contributed by atoms with E-state index in [1.165, 1.54) is 5.56 Å². The monoisotopic (exact) mass is 471 g/mol. The van der Waals surface area contributed by atoms with Gasteiger partial charge in [0.15, 0.2) is 0 Å². The van der Waals surface area contributed by atoms with Gasteiger partial charge in [-0.25, -0.2) is 4.98 Å². The van der Waals surface area contributed by atoms with Crippen molar-refractivity contribution in [3.63, 3.8) is 0 Å². The van der Waals surface area contributed by atoms with Gasteiger partial charge in [0.1, 0.15) is 17.3 Å². The SMILES string of the molecule is COc1ccccc1C(=O)NC(C)c1nc2ccccc2n1CCCCOc1ccc(C)cc1C. The quantitative estimate of drug-likeness (QED) is 0.288. The highest BCUT2D eigenvalue weighted by Gasteiger charge is 2.20. The van der Waals surface area contributed by atoms with Gasteiger partial charge in [0.25, 0.3) is 5.91 Å². The van der Waals surface area contributed by atoms with Crippen LogP contribution in [0, 0.1) is 13.8 Å². The number of hydrogen-bond donors (Lipinski definition) is 1. The van der Waals surface area contributed by atoms with E-state index in [1.54, 1.807) is 19.2 Å². The second-order valence-corrected chi connectivity index (χ2v) is 8.83. The molecular weight excluding hydrogens is 438 g/mol. The third kappa shape index (κ3) is 5.65. The lowest BCUT2D eigenvalue weighted by Crippen LogP contribution is -2.29. The van der Waals surface area contributed by atoms with Crippen molar-refractivity contribution in [2.45, 2.75) is 46.2 Å². The second kappa shape index (κ2) is 11.1. The number of aryl methyl sites for hydroxylation is 3. The lowest BCUT2D eigenvalue weighted by Gasteiger charge is -2.17. The van der Waals surface area contributed by atoms with E-state index in [1.807, 2.05) is 43.3 Å². The van der Waals surface area contributed by atoms with E-state index in [0.717, 1.165) is 47.6 Å². The Morgan fingerprint density at radius 3 is 2.57 bits per heavy atom. The van der Waals surface area contributed by atoms with Crippen LogP contribution >= 0.6 is 0 Å². The number of rotatable bonds is 10. The van der Waals surface area contributed by atoms with Gasteiger partial charge in [0.05, 0.1) is 36.4 Å². The molecule has 6 nitrogen and oxygen atoms in total. The number of carbonyl (C=O) groups is 1. The number of ether oxygens (including phenoxy) is 2. The number of nitrogens with zero attached hydrogens (tertiary/aromatic N) is 2. The van der Waals surface area contributed by atoms with Crippen molar-refractivity contribution in [1.29, 1.82) is 0 Å². The number of nitrogens with one attached hydrogen (secondary N) is 1. The fourth-order valence-electron chi connectivity index (χ4n) is 4.35. The first kappa shape index (κ1) is 24.3. The summed E-state index contributed by atoms with van der Waals surface area (Å²) in [4.78, 5) is 17.8. The van der Waals surface area contributed by atoms with Gasteiger partial charge in [-0.15, -0.1) is 0 Å². The number of imidazole rings is 1. The van der Waals surface area contributed by atoms with Crippen LogP contribution in [-0.4, -0.2) is 29.2 Å². The number of methoxy groups -OCH3 is 1. The van der Waals surface area contributed by atoms with E-state index in [9.17, 15) is 4.79 Å². The summed E-state index contributed by atoms with van der Waals surface area (Å²) >= 11 is 0. The van der Waals surface area contributed by atoms with Crippen LogP contribution in [0.3, 0.4) is 0 Å². The van der Waals surface area contributed by atoms with Crippen LogP contribution in [0.2, 0.25) is 0 Å². The molecule has 1 heterocycles. The zero-order valence-electron chi connectivity index (χ0n) is 20.9. The lowest BCUT2D eigenvalue weighted by molar-refractivity contribution is 0.0934. The zero-order chi connectivity index (χ0) is 24.8. The Morgan fingerprint density at radius 1 is 1.00 bits per heavy atom. The zero-order valence-corrected chi connectivity index (χ0v) is 20.9. The third-order valence-electron chi connectivity index (χ3n) is 6.13. The summed E-state index contributed by atoms with van der Waals surface area (Å²) in [5.74, 6) is 2.15. The Morgan fingerprint density at radius 2 is 1.77 bits per heavy atom. The molecule has 1 amide bonds. The summed E-state index contributed by atoms with van der Waals surface area (Å²) in [7, 11) is 1.57. The topological polar surface area (TPSA) is 65.4 Å². The van der Waals surface area contributed by atoms with Crippen LogP contribution in [-0.2, 0) is 6.54 Å². The number of para-hydroxylation sites is 3. The Balaban J connectivity index is 1.44. The molecule has 4 rings (SSSR count). The number of carbonyl (C=O) groups excluding carboxylic acids is 1. The molecule has 1 atom stereocenters. The van der Waals surface area contributed by atoms with E-state index in [4.69, 9.17) is 14.5 Å². The molecule has 182 valence electrons. The maximum Gasteiger partial charge on any atom is 0.255 e. The van der Waals surface area contributed by atoms with Crippen LogP contribution in [0.1, 0.15) is 53.1 Å². The van der Waals surface area contributed by atoms with E-state index < -0.39 is 0 Å². The molecule has 6 heteroatoms. The van der Waals surface area contributed by atoms with Crippen LogP contribution in [0.5, 0.6) is 11.5 Å². The molecule has 0 saturated heterocycles. The Hall–Kier alpha value is -3.80. The Kier molecular flexibility index (Phi) is 7.70. The van der Waals surface area contributed by atoms with Crippen LogP contribution in [0.4, 0.5) is 0 Å². The highest BCUT2D eigenvalue weighted by Crippen LogP contribution is 2.24. The smallest absolute Gasteiger partial charge is 0.255 e. The summed E-state index contributed by atoms with van der Waals surface area (Å²) in [6.45, 7) is 7.58. The molecular formula is C29H33N3O3. The molecule has 0 aliphatic carbocycles. The van der Waals surface area contributed by atoms with Crippen LogP contribution in [0.15, 0.2) is 66.7 Å². The first-order valence-electron chi connectivity index (χ1n) is 12.1. The number of fused-ring (bicyclic) bond motifs is 1. The van der Waals surface area contributed by atoms with Gasteiger partial charge in [-0.2, -0.15) is 0 Å². The highest BCUT2D eigenvalue weighted by molar-refractivity contribution is 5.97. The summed E-state index contributed by atoms with van der Waals surface area (Å²) in [5.41, 5.74) is 4.89.